The Morgan fingerprint density at radius 2 is 1.56 bits per heavy atom. The van der Waals surface area contributed by atoms with Gasteiger partial charge in [-0.3, -0.25) is 0 Å². The maximum Gasteiger partial charge on any atom is 0.430 e. The summed E-state index contributed by atoms with van der Waals surface area (Å²) in [5.41, 5.74) is -2.17. The van der Waals surface area contributed by atoms with Gasteiger partial charge in [0, 0.05) is 0 Å². The lowest BCUT2D eigenvalue weighted by Crippen LogP contribution is -2.55. The van der Waals surface area contributed by atoms with Gasteiger partial charge in [-0.1, -0.05) is 43.3 Å². The highest BCUT2D eigenvalue weighted by atomic mass is 19.4. The van der Waals surface area contributed by atoms with E-state index in [1.54, 1.807) is 49.4 Å². The Hall–Kier alpha value is -2.82. The van der Waals surface area contributed by atoms with E-state index in [1.165, 1.54) is 0 Å². The van der Waals surface area contributed by atoms with E-state index in [9.17, 15) is 41.7 Å². The number of rotatable bonds is 9. The molecule has 34 heavy (non-hydrogen) atoms. The van der Waals surface area contributed by atoms with Gasteiger partial charge in [0.2, 0.25) is 0 Å². The van der Waals surface area contributed by atoms with Gasteiger partial charge in [0.1, 0.15) is 12.4 Å². The topological polar surface area (TPSA) is 69.9 Å². The third kappa shape index (κ3) is 6.40. The van der Waals surface area contributed by atoms with E-state index in [-0.39, 0.29) is 32.3 Å². The Bertz CT molecular complexity index is 1010. The van der Waals surface area contributed by atoms with E-state index in [4.69, 9.17) is 4.74 Å². The summed E-state index contributed by atoms with van der Waals surface area (Å²) in [5, 5.41) is 27.9. The third-order valence-electron chi connectivity index (χ3n) is 5.10. The van der Waals surface area contributed by atoms with Crippen LogP contribution in [0.5, 0.6) is 5.75 Å². The molecule has 0 aliphatic rings. The van der Waals surface area contributed by atoms with E-state index in [0.29, 0.717) is 34.1 Å². The van der Waals surface area contributed by atoms with E-state index in [1.807, 2.05) is 0 Å². The van der Waals surface area contributed by atoms with E-state index >= 15 is 0 Å². The van der Waals surface area contributed by atoms with Crippen LogP contribution in [0.2, 0.25) is 0 Å². The van der Waals surface area contributed by atoms with Gasteiger partial charge >= 0.3 is 12.4 Å². The Kier molecular flexibility index (Phi) is 8.93. The van der Waals surface area contributed by atoms with E-state index < -0.39 is 18.0 Å². The molecule has 0 aliphatic heterocycles. The molecule has 3 N–H and O–H groups in total. The minimum atomic E-state index is -5.93. The average molecular weight is 490 g/mol. The Balaban J connectivity index is 2.22. The van der Waals surface area contributed by atoms with Gasteiger partial charge in [0.15, 0.2) is 0 Å². The van der Waals surface area contributed by atoms with Gasteiger partial charge in [-0.05, 0) is 58.5 Å². The van der Waals surface area contributed by atoms with Gasteiger partial charge in [-0.2, -0.15) is 26.3 Å². The van der Waals surface area contributed by atoms with Gasteiger partial charge in [0.25, 0.3) is 5.60 Å². The molecular weight excluding hydrogens is 466 g/mol. The lowest BCUT2D eigenvalue weighted by atomic mass is 9.99. The summed E-state index contributed by atoms with van der Waals surface area (Å²) in [6.45, 7) is 1.32. The van der Waals surface area contributed by atoms with Crippen molar-refractivity contribution in [1.82, 2.24) is 0 Å². The quantitative estimate of drug-likeness (QED) is 0.323. The molecule has 0 aromatic heterocycles. The van der Waals surface area contributed by atoms with Gasteiger partial charge in [-0.15, -0.1) is 0 Å². The predicted molar refractivity (Wildman–Crippen MR) is 114 cm³/mol. The number of ether oxygens (including phenoxy) is 1. The van der Waals surface area contributed by atoms with Crippen LogP contribution in [0, 0.1) is 0 Å². The molecule has 0 amide bonds. The summed E-state index contributed by atoms with van der Waals surface area (Å²) >= 11 is 0. The highest BCUT2D eigenvalue weighted by Gasteiger charge is 2.68. The first-order chi connectivity index (χ1) is 15.9. The molecule has 0 aliphatic carbocycles. The number of alkyl halides is 6. The van der Waals surface area contributed by atoms with Crippen LogP contribution in [0.15, 0.2) is 60.7 Å². The largest absolute Gasteiger partial charge is 0.489 e. The van der Waals surface area contributed by atoms with E-state index in [0.717, 1.165) is 11.6 Å². The smallest absolute Gasteiger partial charge is 0.430 e. The van der Waals surface area contributed by atoms with Crippen molar-refractivity contribution in [2.75, 3.05) is 0 Å². The van der Waals surface area contributed by atoms with Crippen molar-refractivity contribution < 1.29 is 46.4 Å². The van der Waals surface area contributed by atoms with E-state index in [2.05, 4.69) is 0 Å². The van der Waals surface area contributed by atoms with Crippen molar-refractivity contribution >= 4 is 5.57 Å². The monoisotopic (exact) mass is 490 g/mol. The molecule has 2 aromatic carbocycles. The Labute approximate surface area is 192 Å². The minimum Gasteiger partial charge on any atom is -0.489 e. The molecule has 0 fully saturated rings. The third-order valence-corrected chi connectivity index (χ3v) is 5.10. The normalized spacial score (nSPS) is 13.5. The fraction of sp³-hybridized carbons (Fsp3) is 0.333. The van der Waals surface area contributed by atoms with Crippen LogP contribution in [0.1, 0.15) is 35.6 Å². The highest BCUT2D eigenvalue weighted by Crippen LogP contribution is 2.44. The fourth-order valence-electron chi connectivity index (χ4n) is 3.09. The first-order valence-electron chi connectivity index (χ1n) is 10.2. The van der Waals surface area contributed by atoms with Gasteiger partial charge in [0.05, 0.1) is 13.2 Å². The zero-order valence-electron chi connectivity index (χ0n) is 18.1. The predicted octanol–water partition coefficient (Wildman–Crippen LogP) is 5.46. The molecule has 0 heterocycles. The van der Waals surface area contributed by atoms with Crippen molar-refractivity contribution in [2.45, 2.75) is 51.1 Å². The second-order valence-electron chi connectivity index (χ2n) is 7.40. The van der Waals surface area contributed by atoms with Crippen LogP contribution in [-0.4, -0.2) is 33.3 Å². The lowest BCUT2D eigenvalue weighted by Gasteiger charge is -2.29. The molecule has 0 saturated carbocycles. The van der Waals surface area contributed by atoms with Crippen LogP contribution in [-0.2, 0) is 19.8 Å². The minimum absolute atomic E-state index is 0.122. The number of hydrogen-bond acceptors (Lipinski definition) is 4. The Morgan fingerprint density at radius 3 is 2.12 bits per heavy atom. The fourth-order valence-corrected chi connectivity index (χ4v) is 3.09. The van der Waals surface area contributed by atoms with Crippen LogP contribution >= 0.6 is 0 Å². The highest BCUT2D eigenvalue weighted by molar-refractivity contribution is 5.68. The molecule has 0 bridgehead atoms. The number of halogens is 6. The number of hydrogen-bond donors (Lipinski definition) is 3. The van der Waals surface area contributed by atoms with Gasteiger partial charge < -0.3 is 20.1 Å². The molecule has 0 unspecified atom stereocenters. The summed E-state index contributed by atoms with van der Waals surface area (Å²) < 4.78 is 82.6. The SMILES string of the molecule is CC/C(=C\C=C\C(O)(C(F)(F)F)C(F)(F)F)c1cccc(OCc2ccc(CO)c(CO)c2)c1. The molecule has 0 radical (unpaired) electrons. The van der Waals surface area contributed by atoms with Crippen LogP contribution in [0.3, 0.4) is 0 Å². The second kappa shape index (κ2) is 11.1. The van der Waals surface area contributed by atoms with Gasteiger partial charge in [-0.25, -0.2) is 0 Å². The first kappa shape index (κ1) is 27.4. The summed E-state index contributed by atoms with van der Waals surface area (Å²) in [6, 6.07) is 11.5. The first-order valence-corrected chi connectivity index (χ1v) is 10.2. The summed E-state index contributed by atoms with van der Waals surface area (Å²) in [6.07, 6.45) is -10.3. The maximum atomic E-state index is 12.8. The summed E-state index contributed by atoms with van der Waals surface area (Å²) in [5.74, 6) is 0.403. The molecule has 0 atom stereocenters. The number of benzene rings is 2. The molecule has 186 valence electrons. The summed E-state index contributed by atoms with van der Waals surface area (Å²) in [7, 11) is 0. The average Bonchev–Trinajstić information content (AvgIpc) is 2.78. The zero-order chi connectivity index (χ0) is 25.6. The van der Waals surface area contributed by atoms with Crippen molar-refractivity contribution in [3.05, 3.63) is 82.9 Å². The van der Waals surface area contributed by atoms with Crippen molar-refractivity contribution in [3.8, 4) is 5.75 Å². The molecule has 10 heteroatoms. The van der Waals surface area contributed by atoms with Crippen molar-refractivity contribution in [3.63, 3.8) is 0 Å². The molecule has 4 nitrogen and oxygen atoms in total. The molecular formula is C24H24F6O4. The number of aliphatic hydroxyl groups excluding tert-OH is 2. The van der Waals surface area contributed by atoms with Crippen LogP contribution < -0.4 is 4.74 Å². The van der Waals surface area contributed by atoms with Crippen molar-refractivity contribution in [1.29, 1.82) is 0 Å². The molecule has 0 saturated heterocycles. The summed E-state index contributed by atoms with van der Waals surface area (Å²) in [4.78, 5) is 0. The van der Waals surface area contributed by atoms with Crippen LogP contribution in [0.4, 0.5) is 26.3 Å². The van der Waals surface area contributed by atoms with Crippen LogP contribution in [0.25, 0.3) is 5.57 Å². The zero-order valence-corrected chi connectivity index (χ0v) is 18.1. The lowest BCUT2D eigenvalue weighted by molar-refractivity contribution is -0.347. The number of allylic oxidation sites excluding steroid dienone is 3. The van der Waals surface area contributed by atoms with Crippen molar-refractivity contribution in [2.24, 2.45) is 0 Å². The number of aliphatic hydroxyl groups is 3. The molecule has 0 spiro atoms. The molecule has 2 aromatic rings. The standard InChI is InChI=1S/C24H24F6O4/c1-2-17(6-4-10-22(33,23(25,26)27)24(28,29)30)18-5-3-7-21(12-18)34-15-16-8-9-19(13-31)20(11-16)14-32/h3-12,31-33H,2,13-15H2,1H3/b10-4+,17-6+. The Morgan fingerprint density at radius 1 is 0.912 bits per heavy atom. The maximum absolute atomic E-state index is 12.8. The second-order valence-corrected chi connectivity index (χ2v) is 7.40. The molecule has 2 rings (SSSR count).